The number of nitrogens with zero attached hydrogens (tertiary/aromatic N) is 2. The van der Waals surface area contributed by atoms with Crippen molar-refractivity contribution in [2.75, 3.05) is 11.5 Å². The van der Waals surface area contributed by atoms with E-state index in [0.29, 0.717) is 40.3 Å². The van der Waals surface area contributed by atoms with Gasteiger partial charge >= 0.3 is 5.97 Å². The van der Waals surface area contributed by atoms with Gasteiger partial charge in [-0.15, -0.1) is 0 Å². The van der Waals surface area contributed by atoms with E-state index >= 15 is 0 Å². The van der Waals surface area contributed by atoms with Crippen LogP contribution in [0.15, 0.2) is 109 Å². The van der Waals surface area contributed by atoms with Crippen molar-refractivity contribution in [3.05, 3.63) is 142 Å². The Hall–Kier alpha value is -5.22. The third-order valence-corrected chi connectivity index (χ3v) is 7.04. The molecule has 11 heteroatoms. The van der Waals surface area contributed by atoms with Gasteiger partial charge in [-0.25, -0.2) is 14.8 Å². The van der Waals surface area contributed by atoms with Crippen LogP contribution in [0.25, 0.3) is 21.5 Å². The number of fused-ring (bicyclic) bond motifs is 2. The van der Waals surface area contributed by atoms with Gasteiger partial charge in [0.25, 0.3) is 5.91 Å². The number of carbonyl (C=O) groups is 2. The molecule has 9 nitrogen and oxygen atoms in total. The van der Waals surface area contributed by atoms with Gasteiger partial charge < -0.3 is 27.6 Å². The molecule has 2 heterocycles. The second-order valence-corrected chi connectivity index (χ2v) is 10.6. The van der Waals surface area contributed by atoms with Gasteiger partial charge in [-0.3, -0.25) is 4.79 Å². The molecule has 8 N–H and O–H groups in total. The zero-order chi connectivity index (χ0) is 32.3. The fourth-order valence-corrected chi connectivity index (χ4v) is 4.65. The molecule has 0 saturated heterocycles. The maximum atomic E-state index is 12.1. The van der Waals surface area contributed by atoms with Crippen molar-refractivity contribution in [1.29, 1.82) is 0 Å². The summed E-state index contributed by atoms with van der Waals surface area (Å²) in [7, 11) is 0. The summed E-state index contributed by atoms with van der Waals surface area (Å²) in [4.78, 5) is 30.4. The lowest BCUT2D eigenvalue weighted by atomic mass is 10.1. The summed E-state index contributed by atoms with van der Waals surface area (Å²) in [6.07, 6.45) is 3.38. The monoisotopic (exact) mass is 640 g/mol. The molecule has 4 aromatic carbocycles. The van der Waals surface area contributed by atoms with Crippen molar-refractivity contribution < 1.29 is 14.7 Å². The molecule has 1 amide bonds. The van der Waals surface area contributed by atoms with Crippen LogP contribution in [0.1, 0.15) is 31.8 Å². The number of nitrogens with two attached hydrogens (primary N) is 3. The summed E-state index contributed by atoms with van der Waals surface area (Å²) in [5, 5.41) is 16.3. The number of amides is 1. The molecule has 0 radical (unpaired) electrons. The van der Waals surface area contributed by atoms with Crippen LogP contribution in [0.3, 0.4) is 0 Å². The van der Waals surface area contributed by atoms with Crippen molar-refractivity contribution in [1.82, 2.24) is 15.3 Å². The van der Waals surface area contributed by atoms with E-state index in [-0.39, 0.29) is 11.5 Å². The highest BCUT2D eigenvalue weighted by Crippen LogP contribution is 2.21. The zero-order valence-electron chi connectivity index (χ0n) is 24.0. The van der Waals surface area contributed by atoms with Crippen molar-refractivity contribution in [3.8, 4) is 0 Å². The molecule has 0 aliphatic carbocycles. The number of halogens is 2. The Kier molecular flexibility index (Phi) is 11.3. The van der Waals surface area contributed by atoms with Gasteiger partial charge in [0.05, 0.1) is 5.56 Å². The van der Waals surface area contributed by atoms with E-state index in [1.54, 1.807) is 48.8 Å². The molecule has 0 aliphatic heterocycles. The summed E-state index contributed by atoms with van der Waals surface area (Å²) < 4.78 is 0. The van der Waals surface area contributed by atoms with E-state index in [0.717, 1.165) is 32.7 Å². The van der Waals surface area contributed by atoms with Crippen molar-refractivity contribution >= 4 is 68.3 Å². The van der Waals surface area contributed by atoms with Gasteiger partial charge in [-0.2, -0.15) is 0 Å². The number of aromatic nitrogens is 2. The highest BCUT2D eigenvalue weighted by molar-refractivity contribution is 6.31. The Labute approximate surface area is 269 Å². The summed E-state index contributed by atoms with van der Waals surface area (Å²) >= 11 is 11.4. The minimum Gasteiger partial charge on any atom is -0.478 e. The molecule has 45 heavy (non-hydrogen) atoms. The van der Waals surface area contributed by atoms with Gasteiger partial charge in [0.15, 0.2) is 0 Å². The van der Waals surface area contributed by atoms with E-state index in [4.69, 9.17) is 45.5 Å². The average molecular weight is 642 g/mol. The molecule has 0 atom stereocenters. The Balaban J connectivity index is 0.000000170. The third kappa shape index (κ3) is 9.14. The van der Waals surface area contributed by atoms with Gasteiger partial charge in [-0.05, 0) is 82.6 Å². The number of carboxylic acid groups (broad SMARTS) is 1. The molecule has 6 aromatic rings. The van der Waals surface area contributed by atoms with Crippen LogP contribution in [0.5, 0.6) is 0 Å². The summed E-state index contributed by atoms with van der Waals surface area (Å²) in [5.74, 6) is -0.0348. The first-order valence-corrected chi connectivity index (χ1v) is 14.4. The number of pyridine rings is 2. The summed E-state index contributed by atoms with van der Waals surface area (Å²) in [6.45, 7) is 0.988. The fourth-order valence-electron chi connectivity index (χ4n) is 4.27. The van der Waals surface area contributed by atoms with Gasteiger partial charge in [0.1, 0.15) is 11.6 Å². The SMILES string of the molecule is NCc1ccc2c(N)nccc2c1.Nc1nccc2cc(CNC(=O)c3cccc(Cl)c3)ccc12.O=C(O)c1cccc(Cl)c1. The number of nitrogens with one attached hydrogen (secondary N) is 1. The molecule has 6 rings (SSSR count). The number of carboxylic acids is 1. The Morgan fingerprint density at radius 3 is 1.71 bits per heavy atom. The molecule has 2 aromatic heterocycles. The molecule has 0 unspecified atom stereocenters. The highest BCUT2D eigenvalue weighted by Gasteiger charge is 2.07. The second-order valence-electron chi connectivity index (χ2n) is 9.72. The quantitative estimate of drug-likeness (QED) is 0.138. The lowest BCUT2D eigenvalue weighted by Crippen LogP contribution is -2.22. The van der Waals surface area contributed by atoms with Crippen LogP contribution in [-0.4, -0.2) is 27.0 Å². The molecule has 0 bridgehead atoms. The minimum atomic E-state index is -0.956. The Morgan fingerprint density at radius 2 is 1.20 bits per heavy atom. The van der Waals surface area contributed by atoms with E-state index in [1.807, 2.05) is 48.5 Å². The molecule has 0 spiro atoms. The first-order chi connectivity index (χ1) is 21.6. The van der Waals surface area contributed by atoms with E-state index in [2.05, 4.69) is 15.3 Å². The molecular weight excluding hydrogens is 611 g/mol. The maximum Gasteiger partial charge on any atom is 0.335 e. The first-order valence-electron chi connectivity index (χ1n) is 13.6. The number of rotatable bonds is 5. The van der Waals surface area contributed by atoms with E-state index in [1.165, 1.54) is 12.1 Å². The van der Waals surface area contributed by atoms with Crippen molar-refractivity contribution in [2.45, 2.75) is 13.1 Å². The minimum absolute atomic E-state index is 0.156. The standard InChI is InChI=1S/C17H14ClN3O.C10H11N3.C7H5ClO2/c18-14-3-1-2-13(9-14)17(22)21-10-11-4-5-15-12(8-11)6-7-20-16(15)19;11-6-7-1-2-9-8(5-7)3-4-13-10(9)12;8-6-3-1-2-5(4-6)7(9)10/h1-9H,10H2,(H2,19,20)(H,21,22);1-5H,6,11H2,(H2,12,13);1-4H,(H,9,10). The van der Waals surface area contributed by atoms with Gasteiger partial charge in [0, 0.05) is 51.9 Å². The number of hydrogen-bond donors (Lipinski definition) is 5. The molecule has 0 fully saturated rings. The topological polar surface area (TPSA) is 170 Å². The van der Waals surface area contributed by atoms with Gasteiger partial charge in [0.2, 0.25) is 0 Å². The summed E-state index contributed by atoms with van der Waals surface area (Å²) in [5.41, 5.74) is 19.9. The zero-order valence-corrected chi connectivity index (χ0v) is 25.5. The highest BCUT2D eigenvalue weighted by atomic mass is 35.5. The Bertz CT molecular complexity index is 1970. The normalized spacial score (nSPS) is 10.3. The van der Waals surface area contributed by atoms with Gasteiger partial charge in [-0.1, -0.05) is 59.6 Å². The number of hydrogen-bond acceptors (Lipinski definition) is 7. The first kappa shape index (κ1) is 32.7. The van der Waals surface area contributed by atoms with E-state index in [9.17, 15) is 9.59 Å². The lowest BCUT2D eigenvalue weighted by Gasteiger charge is -2.07. The van der Waals surface area contributed by atoms with Crippen LogP contribution in [0, 0.1) is 0 Å². The lowest BCUT2D eigenvalue weighted by molar-refractivity contribution is 0.0696. The van der Waals surface area contributed by atoms with Crippen LogP contribution in [0.2, 0.25) is 10.0 Å². The number of carbonyl (C=O) groups excluding carboxylic acids is 1. The van der Waals surface area contributed by atoms with Crippen molar-refractivity contribution in [3.63, 3.8) is 0 Å². The predicted octanol–water partition coefficient (Wildman–Crippen LogP) is 6.71. The van der Waals surface area contributed by atoms with Crippen LogP contribution in [0.4, 0.5) is 11.6 Å². The molecule has 0 saturated carbocycles. The fraction of sp³-hybridized carbons (Fsp3) is 0.0588. The maximum absolute atomic E-state index is 12.1. The largest absolute Gasteiger partial charge is 0.478 e. The Morgan fingerprint density at radius 1 is 0.689 bits per heavy atom. The van der Waals surface area contributed by atoms with E-state index < -0.39 is 5.97 Å². The smallest absolute Gasteiger partial charge is 0.335 e. The molecular formula is C34H30Cl2N6O3. The predicted molar refractivity (Wildman–Crippen MR) is 181 cm³/mol. The van der Waals surface area contributed by atoms with Crippen LogP contribution >= 0.6 is 23.2 Å². The number of benzene rings is 4. The third-order valence-electron chi connectivity index (χ3n) is 6.57. The van der Waals surface area contributed by atoms with Crippen molar-refractivity contribution in [2.24, 2.45) is 5.73 Å². The summed E-state index contributed by atoms with van der Waals surface area (Å²) in [6, 6.07) is 28.6. The number of nitrogen functional groups attached to an aromatic ring is 2. The molecule has 0 aliphatic rings. The van der Waals surface area contributed by atoms with Crippen LogP contribution in [-0.2, 0) is 13.1 Å². The number of anilines is 2. The second kappa shape index (κ2) is 15.5. The average Bonchev–Trinajstić information content (AvgIpc) is 3.04. The molecule has 228 valence electrons. The van der Waals surface area contributed by atoms with Crippen LogP contribution < -0.4 is 22.5 Å². The number of aromatic carboxylic acids is 1.